The summed E-state index contributed by atoms with van der Waals surface area (Å²) in [5.74, 6) is 1.38. The zero-order chi connectivity index (χ0) is 17.5. The third-order valence-electron chi connectivity index (χ3n) is 3.64. The molecule has 0 bridgehead atoms. The molecule has 0 aliphatic heterocycles. The average Bonchev–Trinajstić information content (AvgIpc) is 2.54. The Bertz CT molecular complexity index is 684. The van der Waals surface area contributed by atoms with Crippen LogP contribution >= 0.6 is 0 Å². The van der Waals surface area contributed by atoms with E-state index in [1.54, 1.807) is 6.92 Å². The molecule has 2 aromatic rings. The summed E-state index contributed by atoms with van der Waals surface area (Å²) in [6.45, 7) is 8.05. The smallest absolute Gasteiger partial charge is 0.261 e. The molecule has 4 nitrogen and oxygen atoms in total. The second-order valence-electron chi connectivity index (χ2n) is 6.06. The molecular formula is C20H25NO3. The van der Waals surface area contributed by atoms with Gasteiger partial charge in [-0.05, 0) is 57.0 Å². The number of para-hydroxylation sites is 1. The molecule has 0 radical (unpaired) electrons. The van der Waals surface area contributed by atoms with Crippen molar-refractivity contribution in [2.24, 2.45) is 0 Å². The van der Waals surface area contributed by atoms with Crippen LogP contribution in [0.4, 0.5) is 0 Å². The minimum atomic E-state index is -0.562. The molecule has 1 amide bonds. The lowest BCUT2D eigenvalue weighted by Crippen LogP contribution is -2.43. The van der Waals surface area contributed by atoms with E-state index in [0.29, 0.717) is 12.4 Å². The molecule has 2 rings (SSSR count). The van der Waals surface area contributed by atoms with Crippen molar-refractivity contribution in [3.8, 4) is 11.5 Å². The molecule has 1 N–H and O–H groups in total. The highest BCUT2D eigenvalue weighted by Crippen LogP contribution is 2.16. The summed E-state index contributed by atoms with van der Waals surface area (Å²) in [6, 6.07) is 15.4. The van der Waals surface area contributed by atoms with E-state index < -0.39 is 6.10 Å². The maximum absolute atomic E-state index is 12.2. The van der Waals surface area contributed by atoms with E-state index in [2.05, 4.69) is 5.32 Å². The molecule has 0 fully saturated rings. The van der Waals surface area contributed by atoms with Crippen LogP contribution in [0, 0.1) is 13.8 Å². The molecule has 2 atom stereocenters. The van der Waals surface area contributed by atoms with Crippen molar-refractivity contribution in [1.29, 1.82) is 0 Å². The molecule has 2 aromatic carbocycles. The van der Waals surface area contributed by atoms with Gasteiger partial charge >= 0.3 is 0 Å². The van der Waals surface area contributed by atoms with Crippen molar-refractivity contribution in [1.82, 2.24) is 5.32 Å². The van der Waals surface area contributed by atoms with Gasteiger partial charge in [-0.3, -0.25) is 4.79 Å². The van der Waals surface area contributed by atoms with Crippen molar-refractivity contribution in [3.05, 3.63) is 59.7 Å². The van der Waals surface area contributed by atoms with Gasteiger partial charge < -0.3 is 14.8 Å². The van der Waals surface area contributed by atoms with Crippen LogP contribution in [0.15, 0.2) is 48.5 Å². The van der Waals surface area contributed by atoms with Crippen LogP contribution in [-0.4, -0.2) is 24.7 Å². The standard InChI is InChI=1S/C20H25NO3/c1-14-8-7-10-18(12-14)24-17(4)20(22)21-16(3)13-23-19-11-6-5-9-15(19)2/h5-12,16-17H,13H2,1-4H3,(H,21,22)/t16-,17-/m0/s1. The average molecular weight is 327 g/mol. The normalized spacial score (nSPS) is 13.0. The van der Waals surface area contributed by atoms with Gasteiger partial charge in [0.2, 0.25) is 0 Å². The number of rotatable bonds is 7. The summed E-state index contributed by atoms with van der Waals surface area (Å²) in [7, 11) is 0. The van der Waals surface area contributed by atoms with Gasteiger partial charge in [0.1, 0.15) is 18.1 Å². The first-order valence-corrected chi connectivity index (χ1v) is 8.18. The Morgan fingerprint density at radius 2 is 1.83 bits per heavy atom. The molecule has 0 aliphatic rings. The molecule has 0 aromatic heterocycles. The summed E-state index contributed by atoms with van der Waals surface area (Å²) in [4.78, 5) is 12.2. The fourth-order valence-corrected chi connectivity index (χ4v) is 2.28. The molecular weight excluding hydrogens is 302 g/mol. The van der Waals surface area contributed by atoms with Gasteiger partial charge in [0.15, 0.2) is 6.10 Å². The number of aryl methyl sites for hydroxylation is 2. The van der Waals surface area contributed by atoms with Crippen LogP contribution in [0.1, 0.15) is 25.0 Å². The first-order valence-electron chi connectivity index (χ1n) is 8.18. The predicted octanol–water partition coefficient (Wildman–Crippen LogP) is 3.65. The van der Waals surface area contributed by atoms with E-state index in [4.69, 9.17) is 9.47 Å². The summed E-state index contributed by atoms with van der Waals surface area (Å²) in [5, 5.41) is 2.92. The summed E-state index contributed by atoms with van der Waals surface area (Å²) in [6.07, 6.45) is -0.562. The SMILES string of the molecule is Cc1cccc(O[C@@H](C)C(=O)N[C@@H](C)COc2ccccc2C)c1. The number of amides is 1. The van der Waals surface area contributed by atoms with Gasteiger partial charge in [-0.1, -0.05) is 30.3 Å². The van der Waals surface area contributed by atoms with Gasteiger partial charge in [-0.2, -0.15) is 0 Å². The lowest BCUT2D eigenvalue weighted by molar-refractivity contribution is -0.128. The fraction of sp³-hybridized carbons (Fsp3) is 0.350. The number of nitrogens with one attached hydrogen (secondary N) is 1. The van der Waals surface area contributed by atoms with Crippen molar-refractivity contribution in [2.75, 3.05) is 6.61 Å². The molecule has 0 spiro atoms. The Balaban J connectivity index is 1.81. The van der Waals surface area contributed by atoms with E-state index in [1.807, 2.05) is 69.3 Å². The molecule has 0 heterocycles. The number of hydrogen-bond acceptors (Lipinski definition) is 3. The minimum Gasteiger partial charge on any atom is -0.491 e. The zero-order valence-corrected chi connectivity index (χ0v) is 14.7. The summed E-state index contributed by atoms with van der Waals surface area (Å²) >= 11 is 0. The molecule has 24 heavy (non-hydrogen) atoms. The predicted molar refractivity (Wildman–Crippen MR) is 95.5 cm³/mol. The number of ether oxygens (including phenoxy) is 2. The van der Waals surface area contributed by atoms with Crippen molar-refractivity contribution in [2.45, 2.75) is 39.8 Å². The molecule has 128 valence electrons. The quantitative estimate of drug-likeness (QED) is 0.844. The summed E-state index contributed by atoms with van der Waals surface area (Å²) < 4.78 is 11.4. The number of carbonyl (C=O) groups is 1. The van der Waals surface area contributed by atoms with Gasteiger partial charge in [0.25, 0.3) is 5.91 Å². The Labute approximate surface area is 143 Å². The van der Waals surface area contributed by atoms with E-state index in [-0.39, 0.29) is 11.9 Å². The van der Waals surface area contributed by atoms with E-state index in [0.717, 1.165) is 16.9 Å². The fourth-order valence-electron chi connectivity index (χ4n) is 2.28. The molecule has 0 aliphatic carbocycles. The highest BCUT2D eigenvalue weighted by atomic mass is 16.5. The van der Waals surface area contributed by atoms with Crippen LogP contribution in [0.5, 0.6) is 11.5 Å². The Morgan fingerprint density at radius 1 is 1.08 bits per heavy atom. The first-order chi connectivity index (χ1) is 11.5. The first kappa shape index (κ1) is 17.9. The third-order valence-corrected chi connectivity index (χ3v) is 3.64. The van der Waals surface area contributed by atoms with Crippen molar-refractivity contribution in [3.63, 3.8) is 0 Å². The third kappa shape index (κ3) is 5.30. The second-order valence-corrected chi connectivity index (χ2v) is 6.06. The topological polar surface area (TPSA) is 47.6 Å². The van der Waals surface area contributed by atoms with Gasteiger partial charge in [0, 0.05) is 0 Å². The van der Waals surface area contributed by atoms with Gasteiger partial charge in [-0.25, -0.2) is 0 Å². The lowest BCUT2D eigenvalue weighted by Gasteiger charge is -2.19. The van der Waals surface area contributed by atoms with E-state index in [9.17, 15) is 4.79 Å². The van der Waals surface area contributed by atoms with Crippen molar-refractivity contribution >= 4 is 5.91 Å². The monoisotopic (exact) mass is 327 g/mol. The largest absolute Gasteiger partial charge is 0.491 e. The second kappa shape index (κ2) is 8.39. The minimum absolute atomic E-state index is 0.110. The van der Waals surface area contributed by atoms with Crippen LogP contribution in [0.2, 0.25) is 0 Å². The highest BCUT2D eigenvalue weighted by Gasteiger charge is 2.17. The summed E-state index contributed by atoms with van der Waals surface area (Å²) in [5.41, 5.74) is 2.17. The molecule has 4 heteroatoms. The maximum Gasteiger partial charge on any atom is 0.261 e. The Hall–Kier alpha value is -2.49. The van der Waals surface area contributed by atoms with Crippen LogP contribution in [-0.2, 0) is 4.79 Å². The van der Waals surface area contributed by atoms with Crippen LogP contribution in [0.25, 0.3) is 0 Å². The van der Waals surface area contributed by atoms with Crippen molar-refractivity contribution < 1.29 is 14.3 Å². The maximum atomic E-state index is 12.2. The number of carbonyl (C=O) groups excluding carboxylic acids is 1. The van der Waals surface area contributed by atoms with Gasteiger partial charge in [-0.15, -0.1) is 0 Å². The Kier molecular flexibility index (Phi) is 6.24. The number of benzene rings is 2. The number of hydrogen-bond donors (Lipinski definition) is 1. The van der Waals surface area contributed by atoms with E-state index >= 15 is 0 Å². The highest BCUT2D eigenvalue weighted by molar-refractivity contribution is 5.81. The molecule has 0 saturated carbocycles. The lowest BCUT2D eigenvalue weighted by atomic mass is 10.2. The van der Waals surface area contributed by atoms with Gasteiger partial charge in [0.05, 0.1) is 6.04 Å². The Morgan fingerprint density at radius 3 is 2.54 bits per heavy atom. The molecule has 0 saturated heterocycles. The van der Waals surface area contributed by atoms with E-state index in [1.165, 1.54) is 0 Å². The molecule has 0 unspecified atom stereocenters. The van der Waals surface area contributed by atoms with Crippen LogP contribution < -0.4 is 14.8 Å². The zero-order valence-electron chi connectivity index (χ0n) is 14.7. The van der Waals surface area contributed by atoms with Crippen LogP contribution in [0.3, 0.4) is 0 Å².